The van der Waals surface area contributed by atoms with Crippen LogP contribution in [0, 0.1) is 18.3 Å². The number of hydrogen-bond donors (Lipinski definition) is 1. The van der Waals surface area contributed by atoms with Crippen molar-refractivity contribution in [3.63, 3.8) is 0 Å². The number of rotatable bonds is 3. The fraction of sp³-hybridized carbons (Fsp3) is 0.500. The summed E-state index contributed by atoms with van der Waals surface area (Å²) in [6, 6.07) is 5.56. The predicted octanol–water partition coefficient (Wildman–Crippen LogP) is 1.47. The molecule has 16 heavy (non-hydrogen) atoms. The highest BCUT2D eigenvalue weighted by atomic mass is 16.3. The first-order valence-corrected chi connectivity index (χ1v) is 5.14. The van der Waals surface area contributed by atoms with Crippen LogP contribution in [0.2, 0.25) is 0 Å². The molecule has 0 unspecified atom stereocenters. The Morgan fingerprint density at radius 2 is 2.12 bits per heavy atom. The SMILES string of the molecule is Cc1cc(C#N)cc(N(C)CC(C)(C)O)n1. The Labute approximate surface area is 96.2 Å². The second kappa shape index (κ2) is 4.50. The Kier molecular flexibility index (Phi) is 3.51. The average molecular weight is 219 g/mol. The lowest BCUT2D eigenvalue weighted by atomic mass is 10.1. The van der Waals surface area contributed by atoms with Crippen molar-refractivity contribution in [2.45, 2.75) is 26.4 Å². The molecule has 0 aromatic carbocycles. The van der Waals surface area contributed by atoms with Gasteiger partial charge in [0, 0.05) is 19.3 Å². The summed E-state index contributed by atoms with van der Waals surface area (Å²) >= 11 is 0. The molecule has 1 rings (SSSR count). The molecule has 0 saturated carbocycles. The summed E-state index contributed by atoms with van der Waals surface area (Å²) in [5.74, 6) is 0.707. The normalized spacial score (nSPS) is 11.0. The third kappa shape index (κ3) is 3.52. The van der Waals surface area contributed by atoms with Crippen LogP contribution in [-0.2, 0) is 0 Å². The molecule has 0 atom stereocenters. The molecule has 0 amide bonds. The van der Waals surface area contributed by atoms with E-state index in [0.717, 1.165) is 5.69 Å². The van der Waals surface area contributed by atoms with E-state index in [1.165, 1.54) is 0 Å². The minimum atomic E-state index is -0.785. The van der Waals surface area contributed by atoms with Gasteiger partial charge in [0.05, 0.1) is 17.2 Å². The lowest BCUT2D eigenvalue weighted by molar-refractivity contribution is 0.0884. The van der Waals surface area contributed by atoms with Crippen molar-refractivity contribution in [3.8, 4) is 6.07 Å². The Bertz CT molecular complexity index is 415. The molecule has 86 valence electrons. The molecule has 0 radical (unpaired) electrons. The summed E-state index contributed by atoms with van der Waals surface area (Å²) in [6.07, 6.45) is 0. The molecule has 0 aliphatic heterocycles. The van der Waals surface area contributed by atoms with Gasteiger partial charge in [-0.25, -0.2) is 4.98 Å². The van der Waals surface area contributed by atoms with Gasteiger partial charge in [-0.1, -0.05) is 0 Å². The third-order valence-corrected chi connectivity index (χ3v) is 2.08. The van der Waals surface area contributed by atoms with Gasteiger partial charge in [-0.3, -0.25) is 0 Å². The molecule has 0 fully saturated rings. The monoisotopic (exact) mass is 219 g/mol. The summed E-state index contributed by atoms with van der Waals surface area (Å²) in [6.45, 7) is 5.80. The van der Waals surface area contributed by atoms with E-state index in [9.17, 15) is 5.11 Å². The number of likely N-dealkylation sites (N-methyl/N-ethyl adjacent to an activating group) is 1. The maximum atomic E-state index is 9.71. The summed E-state index contributed by atoms with van der Waals surface area (Å²) in [5.41, 5.74) is 0.606. The number of aryl methyl sites for hydroxylation is 1. The van der Waals surface area contributed by atoms with Crippen LogP contribution in [0.4, 0.5) is 5.82 Å². The first-order valence-electron chi connectivity index (χ1n) is 5.14. The highest BCUT2D eigenvalue weighted by molar-refractivity contribution is 5.46. The highest BCUT2D eigenvalue weighted by Crippen LogP contribution is 2.15. The standard InChI is InChI=1S/C12H17N3O/c1-9-5-10(7-13)6-11(14-9)15(4)8-12(2,3)16/h5-6,16H,8H2,1-4H3. The number of pyridine rings is 1. The summed E-state index contributed by atoms with van der Waals surface area (Å²) in [7, 11) is 1.85. The van der Waals surface area contributed by atoms with Crippen molar-refractivity contribution in [2.75, 3.05) is 18.5 Å². The molecule has 4 heteroatoms. The molecule has 1 aromatic rings. The second-order valence-electron chi connectivity index (χ2n) is 4.64. The zero-order valence-electron chi connectivity index (χ0n) is 10.2. The van der Waals surface area contributed by atoms with Crippen molar-refractivity contribution in [1.82, 2.24) is 4.98 Å². The minimum Gasteiger partial charge on any atom is -0.389 e. The number of hydrogen-bond acceptors (Lipinski definition) is 4. The number of nitriles is 1. The molecule has 4 nitrogen and oxygen atoms in total. The quantitative estimate of drug-likeness (QED) is 0.836. The van der Waals surface area contributed by atoms with Crippen LogP contribution in [0.1, 0.15) is 25.1 Å². The number of nitrogens with zero attached hydrogens (tertiary/aromatic N) is 3. The molecule has 0 spiro atoms. The van der Waals surface area contributed by atoms with Crippen molar-refractivity contribution in [2.24, 2.45) is 0 Å². The second-order valence-corrected chi connectivity index (χ2v) is 4.64. The van der Waals surface area contributed by atoms with Gasteiger partial charge in [0.15, 0.2) is 0 Å². The maximum absolute atomic E-state index is 9.71. The average Bonchev–Trinajstić information content (AvgIpc) is 2.14. The predicted molar refractivity (Wildman–Crippen MR) is 63.3 cm³/mol. The van der Waals surface area contributed by atoms with E-state index < -0.39 is 5.60 Å². The van der Waals surface area contributed by atoms with E-state index in [1.54, 1.807) is 26.0 Å². The topological polar surface area (TPSA) is 60.2 Å². The summed E-state index contributed by atoms with van der Waals surface area (Å²) < 4.78 is 0. The zero-order chi connectivity index (χ0) is 12.3. The Balaban J connectivity index is 2.96. The molecular formula is C12H17N3O. The smallest absolute Gasteiger partial charge is 0.129 e. The summed E-state index contributed by atoms with van der Waals surface area (Å²) in [5, 5.41) is 18.6. The Hall–Kier alpha value is -1.60. The first kappa shape index (κ1) is 12.5. The molecule has 1 heterocycles. The number of aromatic nitrogens is 1. The van der Waals surface area contributed by atoms with E-state index in [2.05, 4.69) is 11.1 Å². The van der Waals surface area contributed by atoms with Gasteiger partial charge in [-0.2, -0.15) is 5.26 Å². The highest BCUT2D eigenvalue weighted by Gasteiger charge is 2.17. The zero-order valence-corrected chi connectivity index (χ0v) is 10.2. The molecule has 0 aliphatic carbocycles. The van der Waals surface area contributed by atoms with Gasteiger partial charge in [0.2, 0.25) is 0 Å². The lowest BCUT2D eigenvalue weighted by Crippen LogP contribution is -2.36. The van der Waals surface area contributed by atoms with Crippen LogP contribution in [-0.4, -0.2) is 29.3 Å². The minimum absolute atomic E-state index is 0.467. The van der Waals surface area contributed by atoms with Crippen LogP contribution >= 0.6 is 0 Å². The first-order chi connectivity index (χ1) is 7.31. The van der Waals surface area contributed by atoms with Gasteiger partial charge < -0.3 is 10.0 Å². The van der Waals surface area contributed by atoms with Crippen LogP contribution in [0.25, 0.3) is 0 Å². The van der Waals surface area contributed by atoms with Gasteiger partial charge >= 0.3 is 0 Å². The van der Waals surface area contributed by atoms with Crippen molar-refractivity contribution in [1.29, 1.82) is 5.26 Å². The van der Waals surface area contributed by atoms with E-state index in [4.69, 9.17) is 5.26 Å². The molecule has 0 saturated heterocycles. The number of aliphatic hydroxyl groups is 1. The van der Waals surface area contributed by atoms with E-state index in [-0.39, 0.29) is 0 Å². The Morgan fingerprint density at radius 3 is 2.62 bits per heavy atom. The lowest BCUT2D eigenvalue weighted by Gasteiger charge is -2.26. The maximum Gasteiger partial charge on any atom is 0.129 e. The van der Waals surface area contributed by atoms with Crippen molar-refractivity contribution < 1.29 is 5.11 Å². The van der Waals surface area contributed by atoms with Crippen LogP contribution in [0.15, 0.2) is 12.1 Å². The van der Waals surface area contributed by atoms with Crippen molar-refractivity contribution in [3.05, 3.63) is 23.4 Å². The Morgan fingerprint density at radius 1 is 1.50 bits per heavy atom. The third-order valence-electron chi connectivity index (χ3n) is 2.08. The molecule has 0 bridgehead atoms. The van der Waals surface area contributed by atoms with E-state index in [0.29, 0.717) is 17.9 Å². The van der Waals surface area contributed by atoms with Gasteiger partial charge in [-0.05, 0) is 32.9 Å². The van der Waals surface area contributed by atoms with E-state index in [1.807, 2.05) is 18.9 Å². The largest absolute Gasteiger partial charge is 0.389 e. The van der Waals surface area contributed by atoms with Crippen LogP contribution < -0.4 is 4.90 Å². The van der Waals surface area contributed by atoms with Crippen LogP contribution in [0.5, 0.6) is 0 Å². The molecular weight excluding hydrogens is 202 g/mol. The molecule has 0 aliphatic rings. The summed E-state index contributed by atoms with van der Waals surface area (Å²) in [4.78, 5) is 6.17. The van der Waals surface area contributed by atoms with Gasteiger partial charge in [0.25, 0.3) is 0 Å². The van der Waals surface area contributed by atoms with Crippen molar-refractivity contribution >= 4 is 5.82 Å². The van der Waals surface area contributed by atoms with Crippen LogP contribution in [0.3, 0.4) is 0 Å². The van der Waals surface area contributed by atoms with E-state index >= 15 is 0 Å². The fourth-order valence-corrected chi connectivity index (χ4v) is 1.57. The van der Waals surface area contributed by atoms with Gasteiger partial charge in [-0.15, -0.1) is 0 Å². The fourth-order valence-electron chi connectivity index (χ4n) is 1.57. The number of anilines is 1. The molecule has 1 aromatic heterocycles. The van der Waals surface area contributed by atoms with Gasteiger partial charge in [0.1, 0.15) is 5.82 Å². The molecule has 1 N–H and O–H groups in total.